The number of benzene rings is 1. The monoisotopic (exact) mass is 309 g/mol. The molecule has 0 amide bonds. The van der Waals surface area contributed by atoms with E-state index < -0.39 is 17.7 Å². The van der Waals surface area contributed by atoms with Gasteiger partial charge in [-0.1, -0.05) is 24.9 Å². The number of alkyl halides is 3. The summed E-state index contributed by atoms with van der Waals surface area (Å²) in [6.07, 6.45) is -2.95. The summed E-state index contributed by atoms with van der Waals surface area (Å²) in [5, 5.41) is 2.40. The molecule has 0 aromatic heterocycles. The van der Waals surface area contributed by atoms with E-state index in [1.165, 1.54) is 12.1 Å². The van der Waals surface area contributed by atoms with E-state index in [2.05, 4.69) is 5.32 Å². The van der Waals surface area contributed by atoms with E-state index >= 15 is 0 Å². The third kappa shape index (κ3) is 5.28. The predicted octanol–water partition coefficient (Wildman–Crippen LogP) is 4.11. The molecule has 3 nitrogen and oxygen atoms in total. The van der Waals surface area contributed by atoms with Crippen molar-refractivity contribution in [3.63, 3.8) is 0 Å². The second-order valence-electron chi connectivity index (χ2n) is 4.12. The minimum Gasteiger partial charge on any atom is -0.464 e. The van der Waals surface area contributed by atoms with Crippen molar-refractivity contribution in [2.75, 3.05) is 18.5 Å². The fourth-order valence-electron chi connectivity index (χ4n) is 1.45. The van der Waals surface area contributed by atoms with Gasteiger partial charge in [-0.2, -0.15) is 13.2 Å². The average Bonchev–Trinajstić information content (AvgIpc) is 2.36. The number of carbonyl (C=O) groups excluding carboxylic acids is 1. The average molecular weight is 310 g/mol. The molecule has 1 aromatic carbocycles. The highest BCUT2D eigenvalue weighted by atomic mass is 35.5. The second kappa shape index (κ2) is 7.38. The molecule has 0 spiro atoms. The van der Waals surface area contributed by atoms with Crippen LogP contribution in [0.1, 0.15) is 25.3 Å². The highest BCUT2D eigenvalue weighted by molar-refractivity contribution is 6.30. The molecule has 0 saturated heterocycles. The summed E-state index contributed by atoms with van der Waals surface area (Å²) in [6, 6.07) is 3.32. The maximum Gasteiger partial charge on any atom is 0.418 e. The molecule has 0 bridgehead atoms. The number of hydrogen-bond acceptors (Lipinski definition) is 3. The van der Waals surface area contributed by atoms with Gasteiger partial charge in [-0.25, -0.2) is 0 Å². The number of ether oxygens (including phenoxy) is 1. The fraction of sp³-hybridized carbons (Fsp3) is 0.462. The lowest BCUT2D eigenvalue weighted by atomic mass is 10.1. The van der Waals surface area contributed by atoms with Crippen molar-refractivity contribution in [2.24, 2.45) is 0 Å². The van der Waals surface area contributed by atoms with E-state index in [0.717, 1.165) is 18.9 Å². The Hall–Kier alpha value is -1.43. The zero-order valence-electron chi connectivity index (χ0n) is 10.9. The second-order valence-corrected chi connectivity index (χ2v) is 4.55. The van der Waals surface area contributed by atoms with Crippen molar-refractivity contribution in [1.29, 1.82) is 0 Å². The fourth-order valence-corrected chi connectivity index (χ4v) is 1.63. The summed E-state index contributed by atoms with van der Waals surface area (Å²) in [5.41, 5.74) is -1.11. The van der Waals surface area contributed by atoms with Crippen molar-refractivity contribution in [3.05, 3.63) is 28.8 Å². The van der Waals surface area contributed by atoms with Crippen LogP contribution in [-0.2, 0) is 15.7 Å². The van der Waals surface area contributed by atoms with Crippen molar-refractivity contribution in [3.8, 4) is 0 Å². The molecule has 0 aliphatic rings. The molecule has 7 heteroatoms. The lowest BCUT2D eigenvalue weighted by molar-refractivity contribution is -0.142. The molecule has 0 aliphatic carbocycles. The van der Waals surface area contributed by atoms with E-state index in [-0.39, 0.29) is 23.9 Å². The highest BCUT2D eigenvalue weighted by Gasteiger charge is 2.33. The highest BCUT2D eigenvalue weighted by Crippen LogP contribution is 2.36. The van der Waals surface area contributed by atoms with E-state index in [9.17, 15) is 18.0 Å². The Morgan fingerprint density at radius 2 is 2.10 bits per heavy atom. The Balaban J connectivity index is 2.66. The molecular weight excluding hydrogens is 295 g/mol. The van der Waals surface area contributed by atoms with Crippen molar-refractivity contribution in [1.82, 2.24) is 0 Å². The molecule has 0 aliphatic heterocycles. The van der Waals surface area contributed by atoms with Gasteiger partial charge in [0, 0.05) is 10.7 Å². The smallest absolute Gasteiger partial charge is 0.418 e. The first kappa shape index (κ1) is 16.6. The van der Waals surface area contributed by atoms with Crippen LogP contribution in [0.2, 0.25) is 5.02 Å². The van der Waals surface area contributed by atoms with Crippen molar-refractivity contribution < 1.29 is 22.7 Å². The van der Waals surface area contributed by atoms with E-state index in [4.69, 9.17) is 16.3 Å². The third-order valence-electron chi connectivity index (χ3n) is 2.47. The zero-order chi connectivity index (χ0) is 15.2. The van der Waals surface area contributed by atoms with Crippen LogP contribution in [-0.4, -0.2) is 19.1 Å². The number of rotatable bonds is 6. The number of unbranched alkanes of at least 4 members (excludes halogenated alkanes) is 1. The first-order valence-corrected chi connectivity index (χ1v) is 6.48. The topological polar surface area (TPSA) is 38.3 Å². The number of esters is 1. The minimum absolute atomic E-state index is 0.0200. The Morgan fingerprint density at radius 1 is 1.40 bits per heavy atom. The Bertz CT molecular complexity index is 463. The summed E-state index contributed by atoms with van der Waals surface area (Å²) in [7, 11) is 0. The molecule has 0 unspecified atom stereocenters. The number of hydrogen-bond donors (Lipinski definition) is 1. The van der Waals surface area contributed by atoms with E-state index in [1.54, 1.807) is 0 Å². The van der Waals surface area contributed by atoms with Gasteiger partial charge in [0.1, 0.15) is 6.54 Å². The van der Waals surface area contributed by atoms with Crippen molar-refractivity contribution in [2.45, 2.75) is 25.9 Å². The summed E-state index contributed by atoms with van der Waals surface area (Å²) < 4.78 is 43.2. The molecule has 0 saturated carbocycles. The number of nitrogens with one attached hydrogen (secondary N) is 1. The van der Waals surface area contributed by atoms with E-state index in [0.29, 0.717) is 0 Å². The van der Waals surface area contributed by atoms with Gasteiger partial charge in [-0.15, -0.1) is 0 Å². The molecule has 0 atom stereocenters. The molecule has 20 heavy (non-hydrogen) atoms. The first-order valence-electron chi connectivity index (χ1n) is 6.11. The van der Waals surface area contributed by atoms with Crippen LogP contribution in [0.4, 0.5) is 18.9 Å². The van der Waals surface area contributed by atoms with Gasteiger partial charge in [0.2, 0.25) is 0 Å². The van der Waals surface area contributed by atoms with Crippen molar-refractivity contribution >= 4 is 23.3 Å². The Kier molecular flexibility index (Phi) is 6.13. The number of halogens is 4. The standard InChI is InChI=1S/C13H15ClF3NO2/c1-2-3-6-20-12(19)8-18-11-5-4-9(14)7-10(11)13(15,16)17/h4-5,7,18H,2-3,6,8H2,1H3. The predicted molar refractivity (Wildman–Crippen MR) is 70.8 cm³/mol. The lowest BCUT2D eigenvalue weighted by Crippen LogP contribution is -2.19. The lowest BCUT2D eigenvalue weighted by Gasteiger charge is -2.14. The molecule has 0 heterocycles. The van der Waals surface area contributed by atoms with Crippen LogP contribution in [0.25, 0.3) is 0 Å². The van der Waals surface area contributed by atoms with Crippen LogP contribution in [0.3, 0.4) is 0 Å². The molecular formula is C13H15ClF3NO2. The Morgan fingerprint density at radius 3 is 2.70 bits per heavy atom. The molecule has 112 valence electrons. The van der Waals surface area contributed by atoms with Crippen LogP contribution in [0.5, 0.6) is 0 Å². The van der Waals surface area contributed by atoms with Crippen LogP contribution in [0, 0.1) is 0 Å². The number of carbonyl (C=O) groups is 1. The molecule has 1 aromatic rings. The first-order chi connectivity index (χ1) is 9.34. The van der Waals surface area contributed by atoms with Gasteiger partial charge < -0.3 is 10.1 Å². The van der Waals surface area contributed by atoms with Crippen LogP contribution in [0.15, 0.2) is 18.2 Å². The van der Waals surface area contributed by atoms with Gasteiger partial charge in [0.15, 0.2) is 0 Å². The van der Waals surface area contributed by atoms with Crippen LogP contribution < -0.4 is 5.32 Å². The third-order valence-corrected chi connectivity index (χ3v) is 2.71. The minimum atomic E-state index is -4.54. The molecule has 1 N–H and O–H groups in total. The molecule has 0 fully saturated rings. The van der Waals surface area contributed by atoms with Gasteiger partial charge in [0.25, 0.3) is 0 Å². The SMILES string of the molecule is CCCCOC(=O)CNc1ccc(Cl)cc1C(F)(F)F. The van der Waals surface area contributed by atoms with Crippen LogP contribution >= 0.6 is 11.6 Å². The summed E-state index contributed by atoms with van der Waals surface area (Å²) in [4.78, 5) is 11.3. The summed E-state index contributed by atoms with van der Waals surface area (Å²) >= 11 is 5.55. The zero-order valence-corrected chi connectivity index (χ0v) is 11.6. The largest absolute Gasteiger partial charge is 0.464 e. The van der Waals surface area contributed by atoms with Gasteiger partial charge in [-0.3, -0.25) is 4.79 Å². The molecule has 1 rings (SSSR count). The van der Waals surface area contributed by atoms with E-state index in [1.807, 2.05) is 6.92 Å². The summed E-state index contributed by atoms with van der Waals surface area (Å²) in [6.45, 7) is 1.88. The Labute approximate surface area is 120 Å². The normalized spacial score (nSPS) is 11.2. The maximum atomic E-state index is 12.8. The quantitative estimate of drug-likeness (QED) is 0.634. The summed E-state index contributed by atoms with van der Waals surface area (Å²) in [5.74, 6) is -0.596. The maximum absolute atomic E-state index is 12.8. The van der Waals surface area contributed by atoms with Gasteiger partial charge >= 0.3 is 12.1 Å². The van der Waals surface area contributed by atoms with Gasteiger partial charge in [0.05, 0.1) is 12.2 Å². The molecule has 0 radical (unpaired) electrons. The number of anilines is 1. The van der Waals surface area contributed by atoms with Gasteiger partial charge in [-0.05, 0) is 24.6 Å².